The quantitative estimate of drug-likeness (QED) is 0.647. The molecule has 3 aromatic rings. The minimum absolute atomic E-state index is 0.288. The number of aromatic nitrogens is 2. The highest BCUT2D eigenvalue weighted by atomic mass is 16.4. The van der Waals surface area contributed by atoms with E-state index in [1.807, 2.05) is 38.1 Å². The molecule has 90 valence electrons. The monoisotopic (exact) mass is 240 g/mol. The van der Waals surface area contributed by atoms with Crippen molar-refractivity contribution in [2.45, 2.75) is 13.8 Å². The van der Waals surface area contributed by atoms with Gasteiger partial charge in [-0.3, -0.25) is 9.20 Å². The normalized spacial score (nSPS) is 11.0. The molecule has 2 heterocycles. The maximum Gasteiger partial charge on any atom is 0.307 e. The second-order valence-electron chi connectivity index (χ2n) is 4.32. The SMILES string of the molecule is Cc1ccc(-c2nc3oc(C=O)cn3c2C)cc1. The third-order valence-electron chi connectivity index (χ3n) is 3.02. The lowest BCUT2D eigenvalue weighted by Gasteiger charge is -1.99. The first-order chi connectivity index (χ1) is 8.69. The first-order valence-electron chi connectivity index (χ1n) is 5.70. The second-order valence-corrected chi connectivity index (χ2v) is 4.32. The zero-order valence-corrected chi connectivity index (χ0v) is 10.2. The lowest BCUT2D eigenvalue weighted by Crippen LogP contribution is -1.85. The number of fused-ring (bicyclic) bond motifs is 1. The van der Waals surface area contributed by atoms with E-state index in [9.17, 15) is 4.79 Å². The number of hydrogen-bond acceptors (Lipinski definition) is 3. The summed E-state index contributed by atoms with van der Waals surface area (Å²) in [6.45, 7) is 4.01. The van der Waals surface area contributed by atoms with Crippen LogP contribution < -0.4 is 0 Å². The first-order valence-corrected chi connectivity index (χ1v) is 5.70. The third-order valence-corrected chi connectivity index (χ3v) is 3.02. The average Bonchev–Trinajstić information content (AvgIpc) is 2.90. The summed E-state index contributed by atoms with van der Waals surface area (Å²) in [5, 5.41) is 0. The summed E-state index contributed by atoms with van der Waals surface area (Å²) in [7, 11) is 0. The standard InChI is InChI=1S/C14H12N2O2/c1-9-3-5-11(6-4-9)13-10(2)16-7-12(8-17)18-14(16)15-13/h3-8H,1-2H3. The molecule has 0 aliphatic carbocycles. The Morgan fingerprint density at radius 1 is 1.22 bits per heavy atom. The number of hydrogen-bond donors (Lipinski definition) is 0. The minimum Gasteiger partial charge on any atom is -0.420 e. The molecule has 3 rings (SSSR count). The molecule has 0 spiro atoms. The molecule has 2 aromatic heterocycles. The predicted molar refractivity (Wildman–Crippen MR) is 67.8 cm³/mol. The van der Waals surface area contributed by atoms with E-state index in [0.29, 0.717) is 12.1 Å². The number of oxazole rings is 1. The van der Waals surface area contributed by atoms with Gasteiger partial charge >= 0.3 is 5.84 Å². The van der Waals surface area contributed by atoms with E-state index < -0.39 is 0 Å². The van der Waals surface area contributed by atoms with Crippen molar-refractivity contribution in [1.29, 1.82) is 0 Å². The van der Waals surface area contributed by atoms with E-state index in [4.69, 9.17) is 4.42 Å². The molecule has 0 bridgehead atoms. The summed E-state index contributed by atoms with van der Waals surface area (Å²) in [5.41, 5.74) is 4.10. The van der Waals surface area contributed by atoms with Crippen molar-refractivity contribution in [2.75, 3.05) is 0 Å². The molecule has 4 nitrogen and oxygen atoms in total. The number of carbonyl (C=O) groups is 1. The fraction of sp³-hybridized carbons (Fsp3) is 0.143. The molecule has 0 fully saturated rings. The molecule has 1 aromatic carbocycles. The van der Waals surface area contributed by atoms with E-state index >= 15 is 0 Å². The molecule has 0 atom stereocenters. The average molecular weight is 240 g/mol. The Labute approximate surface area is 104 Å². The van der Waals surface area contributed by atoms with Gasteiger partial charge in [-0.1, -0.05) is 29.8 Å². The number of nitrogens with zero attached hydrogens (tertiary/aromatic N) is 2. The van der Waals surface area contributed by atoms with Crippen LogP contribution in [-0.2, 0) is 0 Å². The van der Waals surface area contributed by atoms with Crippen LogP contribution in [0.4, 0.5) is 0 Å². The number of aldehydes is 1. The second kappa shape index (κ2) is 3.84. The topological polar surface area (TPSA) is 47.5 Å². The summed E-state index contributed by atoms with van der Waals surface area (Å²) in [6, 6.07) is 8.16. The van der Waals surface area contributed by atoms with E-state index in [0.717, 1.165) is 17.0 Å². The summed E-state index contributed by atoms with van der Waals surface area (Å²) in [4.78, 5) is 15.1. The zero-order chi connectivity index (χ0) is 12.7. The van der Waals surface area contributed by atoms with Crippen LogP contribution in [0, 0.1) is 13.8 Å². The molecular formula is C14H12N2O2. The van der Waals surface area contributed by atoms with Crippen LogP contribution in [0.3, 0.4) is 0 Å². The van der Waals surface area contributed by atoms with Crippen molar-refractivity contribution < 1.29 is 9.21 Å². The van der Waals surface area contributed by atoms with Crippen molar-refractivity contribution in [3.8, 4) is 11.3 Å². The Bertz CT molecular complexity index is 720. The smallest absolute Gasteiger partial charge is 0.307 e. The molecule has 0 aliphatic rings. The van der Waals surface area contributed by atoms with Crippen molar-refractivity contribution >= 4 is 12.1 Å². The Morgan fingerprint density at radius 3 is 2.56 bits per heavy atom. The first kappa shape index (κ1) is 10.8. The minimum atomic E-state index is 0.288. The van der Waals surface area contributed by atoms with Crippen LogP contribution >= 0.6 is 0 Å². The molecule has 0 N–H and O–H groups in total. The number of carbonyl (C=O) groups excluding carboxylic acids is 1. The molecule has 0 saturated carbocycles. The lowest BCUT2D eigenvalue weighted by atomic mass is 10.1. The van der Waals surface area contributed by atoms with E-state index in [2.05, 4.69) is 4.98 Å². The summed E-state index contributed by atoms with van der Waals surface area (Å²) in [5.74, 6) is 0.737. The Morgan fingerprint density at radius 2 is 1.94 bits per heavy atom. The van der Waals surface area contributed by atoms with Gasteiger partial charge in [-0.05, 0) is 13.8 Å². The fourth-order valence-corrected chi connectivity index (χ4v) is 2.01. The molecule has 4 heteroatoms. The highest BCUT2D eigenvalue weighted by Crippen LogP contribution is 2.25. The molecule has 0 saturated heterocycles. The highest BCUT2D eigenvalue weighted by molar-refractivity contribution is 5.72. The summed E-state index contributed by atoms with van der Waals surface area (Å²) >= 11 is 0. The number of aryl methyl sites for hydroxylation is 2. The fourth-order valence-electron chi connectivity index (χ4n) is 2.01. The molecular weight excluding hydrogens is 228 g/mol. The van der Waals surface area contributed by atoms with E-state index in [1.165, 1.54) is 5.56 Å². The lowest BCUT2D eigenvalue weighted by molar-refractivity contribution is 0.110. The van der Waals surface area contributed by atoms with Crippen LogP contribution in [0.1, 0.15) is 21.8 Å². The maximum absolute atomic E-state index is 10.6. The molecule has 0 aliphatic heterocycles. The van der Waals surface area contributed by atoms with Gasteiger partial charge in [-0.15, -0.1) is 0 Å². The molecule has 0 amide bonds. The van der Waals surface area contributed by atoms with Gasteiger partial charge in [0.05, 0.1) is 17.6 Å². The van der Waals surface area contributed by atoms with Gasteiger partial charge < -0.3 is 4.42 Å². The van der Waals surface area contributed by atoms with Crippen LogP contribution in [0.5, 0.6) is 0 Å². The van der Waals surface area contributed by atoms with Gasteiger partial charge in [0, 0.05) is 5.56 Å². The van der Waals surface area contributed by atoms with Gasteiger partial charge in [0.15, 0.2) is 12.0 Å². The van der Waals surface area contributed by atoms with Crippen LogP contribution in [0.2, 0.25) is 0 Å². The number of rotatable bonds is 2. The van der Waals surface area contributed by atoms with E-state index in [-0.39, 0.29) is 5.76 Å². The van der Waals surface area contributed by atoms with Crippen molar-refractivity contribution in [1.82, 2.24) is 9.38 Å². The summed E-state index contributed by atoms with van der Waals surface area (Å²) in [6.07, 6.45) is 2.34. The van der Waals surface area contributed by atoms with Crippen LogP contribution in [0.15, 0.2) is 34.9 Å². The number of benzene rings is 1. The third kappa shape index (κ3) is 1.54. The van der Waals surface area contributed by atoms with Gasteiger partial charge in [0.2, 0.25) is 0 Å². The zero-order valence-electron chi connectivity index (χ0n) is 10.2. The van der Waals surface area contributed by atoms with Crippen molar-refractivity contribution in [3.05, 3.63) is 47.5 Å². The Kier molecular flexibility index (Phi) is 2.30. The van der Waals surface area contributed by atoms with Crippen molar-refractivity contribution in [3.63, 3.8) is 0 Å². The van der Waals surface area contributed by atoms with Crippen LogP contribution in [-0.4, -0.2) is 15.7 Å². The van der Waals surface area contributed by atoms with Gasteiger partial charge in [0.1, 0.15) is 0 Å². The van der Waals surface area contributed by atoms with Crippen LogP contribution in [0.25, 0.3) is 17.1 Å². The van der Waals surface area contributed by atoms with Gasteiger partial charge in [-0.2, -0.15) is 4.98 Å². The van der Waals surface area contributed by atoms with E-state index in [1.54, 1.807) is 10.6 Å². The largest absolute Gasteiger partial charge is 0.420 e. The Balaban J connectivity index is 2.18. The van der Waals surface area contributed by atoms with Gasteiger partial charge in [0.25, 0.3) is 0 Å². The highest BCUT2D eigenvalue weighted by Gasteiger charge is 2.14. The number of imidazole rings is 1. The predicted octanol–water partition coefficient (Wildman–Crippen LogP) is 3.02. The molecule has 0 radical (unpaired) electrons. The summed E-state index contributed by atoms with van der Waals surface area (Å²) < 4.78 is 7.10. The molecule has 0 unspecified atom stereocenters. The maximum atomic E-state index is 10.6. The molecule has 18 heavy (non-hydrogen) atoms. The van der Waals surface area contributed by atoms with Crippen molar-refractivity contribution in [2.24, 2.45) is 0 Å². The van der Waals surface area contributed by atoms with Gasteiger partial charge in [-0.25, -0.2) is 0 Å². The Hall–Kier alpha value is -2.36.